The van der Waals surface area contributed by atoms with Crippen LogP contribution in [0.4, 0.5) is 0 Å². The van der Waals surface area contributed by atoms with Gasteiger partial charge in [0.15, 0.2) is 0 Å². The van der Waals surface area contributed by atoms with Gasteiger partial charge in [0, 0.05) is 25.7 Å². The molecule has 0 unspecified atom stereocenters. The molecule has 0 saturated heterocycles. The van der Waals surface area contributed by atoms with Gasteiger partial charge in [-0.25, -0.2) is 20.3 Å². The Kier molecular flexibility index (Phi) is 10.6. The van der Waals surface area contributed by atoms with Crippen LogP contribution in [0.3, 0.4) is 0 Å². The largest absolute Gasteiger partial charge is 0.249 e. The summed E-state index contributed by atoms with van der Waals surface area (Å²) in [7, 11) is 0. The lowest BCUT2D eigenvalue weighted by Gasteiger charge is -2.37. The van der Waals surface area contributed by atoms with Gasteiger partial charge in [-0.1, -0.05) is 55.4 Å². The topological polar surface area (TPSA) is 77.4 Å². The molecule has 0 aromatic heterocycles. The molecule has 6 heteroatoms. The van der Waals surface area contributed by atoms with E-state index in [1.807, 2.05) is 55.4 Å². The molecule has 2 N–H and O–H groups in total. The zero-order chi connectivity index (χ0) is 19.0. The third-order valence-corrected chi connectivity index (χ3v) is 3.56. The molecule has 0 aromatic carbocycles. The molecule has 0 heterocycles. The Morgan fingerprint density at radius 1 is 0.542 bits per heavy atom. The van der Waals surface area contributed by atoms with E-state index in [9.17, 15) is 10.5 Å². The molecule has 146 valence electrons. The highest BCUT2D eigenvalue weighted by molar-refractivity contribution is 4.74. The Labute approximate surface area is 147 Å². The maximum Gasteiger partial charge on any atom is 0.234 e. The Balaban J connectivity index is 5.32. The summed E-state index contributed by atoms with van der Waals surface area (Å²) in [6, 6.07) is 0. The molecule has 0 bridgehead atoms. The summed E-state index contributed by atoms with van der Waals surface area (Å²) in [6.07, 6.45) is 1.80. The highest BCUT2D eigenvalue weighted by Crippen LogP contribution is 2.35. The van der Waals surface area contributed by atoms with Crippen molar-refractivity contribution in [1.82, 2.24) is 0 Å². The molecule has 0 amide bonds. The molecule has 0 spiro atoms. The third-order valence-electron chi connectivity index (χ3n) is 3.56. The van der Waals surface area contributed by atoms with Crippen LogP contribution in [0.2, 0.25) is 0 Å². The van der Waals surface area contributed by atoms with E-state index in [4.69, 9.17) is 19.6 Å². The van der Waals surface area contributed by atoms with Crippen LogP contribution in [0.25, 0.3) is 0 Å². The molecule has 0 saturated carbocycles. The lowest BCUT2D eigenvalue weighted by atomic mass is 9.94. The summed E-state index contributed by atoms with van der Waals surface area (Å²) in [5.74, 6) is -1.70. The maximum absolute atomic E-state index is 9.50. The second-order valence-corrected chi connectivity index (χ2v) is 8.56. The van der Waals surface area contributed by atoms with Crippen LogP contribution >= 0.6 is 0 Å². The highest BCUT2D eigenvalue weighted by Gasteiger charge is 2.43. The van der Waals surface area contributed by atoms with Crippen LogP contribution in [0, 0.1) is 23.7 Å². The van der Waals surface area contributed by atoms with Crippen LogP contribution < -0.4 is 0 Å². The van der Waals surface area contributed by atoms with Crippen molar-refractivity contribution in [2.45, 2.75) is 92.6 Å². The first-order valence-electron chi connectivity index (χ1n) is 9.01. The van der Waals surface area contributed by atoms with E-state index in [-0.39, 0.29) is 23.7 Å². The minimum absolute atomic E-state index is 0.221. The molecule has 0 aromatic rings. The molecule has 24 heavy (non-hydrogen) atoms. The van der Waals surface area contributed by atoms with Crippen LogP contribution in [0.15, 0.2) is 0 Å². The van der Waals surface area contributed by atoms with Gasteiger partial charge in [0.1, 0.15) is 0 Å². The van der Waals surface area contributed by atoms with E-state index in [1.54, 1.807) is 0 Å². The minimum atomic E-state index is -1.29. The maximum atomic E-state index is 9.50. The first-order valence-corrected chi connectivity index (χ1v) is 9.01. The van der Waals surface area contributed by atoms with Crippen LogP contribution in [-0.2, 0) is 19.6 Å². The fraction of sp³-hybridized carbons (Fsp3) is 1.00. The van der Waals surface area contributed by atoms with Crippen molar-refractivity contribution in [2.75, 3.05) is 0 Å². The van der Waals surface area contributed by atoms with E-state index in [0.29, 0.717) is 25.7 Å². The van der Waals surface area contributed by atoms with E-state index in [1.165, 1.54) is 0 Å². The molecule has 0 fully saturated rings. The van der Waals surface area contributed by atoms with Crippen LogP contribution in [-0.4, -0.2) is 22.1 Å². The first kappa shape index (κ1) is 23.8. The van der Waals surface area contributed by atoms with Crippen LogP contribution in [0.5, 0.6) is 0 Å². The summed E-state index contributed by atoms with van der Waals surface area (Å²) in [6.45, 7) is 16.1. The first-order chi connectivity index (χ1) is 11.0. The lowest BCUT2D eigenvalue weighted by Crippen LogP contribution is -2.45. The Morgan fingerprint density at radius 3 is 0.875 bits per heavy atom. The zero-order valence-electron chi connectivity index (χ0n) is 16.7. The quantitative estimate of drug-likeness (QED) is 0.260. The predicted octanol–water partition coefficient (Wildman–Crippen LogP) is 5.49. The van der Waals surface area contributed by atoms with E-state index >= 15 is 0 Å². The monoisotopic (exact) mass is 350 g/mol. The van der Waals surface area contributed by atoms with Gasteiger partial charge in [-0.05, 0) is 23.7 Å². The predicted molar refractivity (Wildman–Crippen MR) is 92.9 cm³/mol. The molecule has 0 rings (SSSR count). The number of hydrogen-bond donors (Lipinski definition) is 2. The minimum Gasteiger partial charge on any atom is -0.249 e. The summed E-state index contributed by atoms with van der Waals surface area (Å²) < 4.78 is 0. The molecular formula is C18H38O6. The Bertz CT molecular complexity index is 275. The lowest BCUT2D eigenvalue weighted by molar-refractivity contribution is -0.578. The number of rotatable bonds is 13. The SMILES string of the molecule is CC(C)CC(CC(C)C)(OO)OOC(CC(C)C)(CC(C)C)OO. The third kappa shape index (κ3) is 8.74. The molecular weight excluding hydrogens is 312 g/mol. The fourth-order valence-corrected chi connectivity index (χ4v) is 3.12. The van der Waals surface area contributed by atoms with Gasteiger partial charge in [0.2, 0.25) is 11.6 Å². The van der Waals surface area contributed by atoms with Crippen molar-refractivity contribution >= 4 is 0 Å². The van der Waals surface area contributed by atoms with E-state index in [0.717, 1.165) is 0 Å². The van der Waals surface area contributed by atoms with E-state index < -0.39 is 11.6 Å². The second kappa shape index (κ2) is 10.7. The van der Waals surface area contributed by atoms with Gasteiger partial charge < -0.3 is 0 Å². The van der Waals surface area contributed by atoms with Crippen molar-refractivity contribution in [3.05, 3.63) is 0 Å². The average Bonchev–Trinajstić information content (AvgIpc) is 2.42. The molecule has 0 atom stereocenters. The van der Waals surface area contributed by atoms with Crippen molar-refractivity contribution < 1.29 is 30.1 Å². The Hall–Kier alpha value is -0.240. The van der Waals surface area contributed by atoms with Gasteiger partial charge >= 0.3 is 0 Å². The van der Waals surface area contributed by atoms with Gasteiger partial charge in [0.25, 0.3) is 0 Å². The Morgan fingerprint density at radius 2 is 0.750 bits per heavy atom. The van der Waals surface area contributed by atoms with Gasteiger partial charge in [-0.15, -0.1) is 0 Å². The molecule has 0 aliphatic carbocycles. The standard InChI is InChI=1S/C18H38O6/c1-13(2)9-17(21-19,10-14(3)4)23-24-18(22-20,11-15(5)6)12-16(7)8/h13-16,19-20H,9-12H2,1-8H3. The summed E-state index contributed by atoms with van der Waals surface area (Å²) in [5.41, 5.74) is 0. The second-order valence-electron chi connectivity index (χ2n) is 8.56. The molecule has 0 aliphatic rings. The van der Waals surface area contributed by atoms with Crippen molar-refractivity contribution in [1.29, 1.82) is 0 Å². The normalized spacial score (nSPS) is 13.8. The smallest absolute Gasteiger partial charge is 0.234 e. The fourth-order valence-electron chi connectivity index (χ4n) is 3.12. The van der Waals surface area contributed by atoms with E-state index in [2.05, 4.69) is 0 Å². The molecule has 0 radical (unpaired) electrons. The van der Waals surface area contributed by atoms with Gasteiger partial charge in [0.05, 0.1) is 0 Å². The molecule has 0 aliphatic heterocycles. The van der Waals surface area contributed by atoms with Crippen molar-refractivity contribution in [2.24, 2.45) is 23.7 Å². The summed E-state index contributed by atoms with van der Waals surface area (Å²) in [4.78, 5) is 20.7. The van der Waals surface area contributed by atoms with Crippen molar-refractivity contribution in [3.8, 4) is 0 Å². The molecule has 6 nitrogen and oxygen atoms in total. The summed E-state index contributed by atoms with van der Waals surface area (Å²) >= 11 is 0. The summed E-state index contributed by atoms with van der Waals surface area (Å²) in [5, 5.41) is 19.0. The highest BCUT2D eigenvalue weighted by atomic mass is 17.3. The van der Waals surface area contributed by atoms with Crippen LogP contribution in [0.1, 0.15) is 81.1 Å². The van der Waals surface area contributed by atoms with Gasteiger partial charge in [-0.3, -0.25) is 0 Å². The zero-order valence-corrected chi connectivity index (χ0v) is 16.7. The van der Waals surface area contributed by atoms with Gasteiger partial charge in [-0.2, -0.15) is 9.78 Å². The number of hydrogen-bond acceptors (Lipinski definition) is 6. The average molecular weight is 350 g/mol. The van der Waals surface area contributed by atoms with Crippen molar-refractivity contribution in [3.63, 3.8) is 0 Å².